The SMILES string of the molecule is CCOCOC[C@@H](C[C@@H](COC)C(=O)O)NC(=O)c1ccc(Br)cc1. The Labute approximate surface area is 155 Å². The van der Waals surface area contributed by atoms with Gasteiger partial charge in [0.25, 0.3) is 5.91 Å². The fourth-order valence-electron chi connectivity index (χ4n) is 2.16. The minimum atomic E-state index is -0.977. The molecule has 8 heteroatoms. The molecule has 25 heavy (non-hydrogen) atoms. The third kappa shape index (κ3) is 8.44. The Balaban J connectivity index is 2.72. The first-order valence-electron chi connectivity index (χ1n) is 7.91. The molecule has 1 aromatic carbocycles. The monoisotopic (exact) mass is 417 g/mol. The van der Waals surface area contributed by atoms with Gasteiger partial charge < -0.3 is 24.6 Å². The van der Waals surface area contributed by atoms with Crippen LogP contribution in [0.5, 0.6) is 0 Å². The van der Waals surface area contributed by atoms with Gasteiger partial charge in [-0.2, -0.15) is 0 Å². The first-order valence-corrected chi connectivity index (χ1v) is 8.70. The van der Waals surface area contributed by atoms with Crippen molar-refractivity contribution in [2.24, 2.45) is 5.92 Å². The molecule has 0 aromatic heterocycles. The van der Waals surface area contributed by atoms with Crippen LogP contribution in [0.4, 0.5) is 0 Å². The van der Waals surface area contributed by atoms with Gasteiger partial charge in [0.05, 0.1) is 25.2 Å². The molecule has 0 saturated carbocycles. The number of hydrogen-bond acceptors (Lipinski definition) is 5. The molecule has 7 nitrogen and oxygen atoms in total. The highest BCUT2D eigenvalue weighted by Crippen LogP contribution is 2.13. The number of ether oxygens (including phenoxy) is 3. The highest BCUT2D eigenvalue weighted by Gasteiger charge is 2.24. The highest BCUT2D eigenvalue weighted by atomic mass is 79.9. The molecule has 2 N–H and O–H groups in total. The molecule has 0 unspecified atom stereocenters. The average molecular weight is 418 g/mol. The quantitative estimate of drug-likeness (QED) is 0.400. The van der Waals surface area contributed by atoms with Crippen molar-refractivity contribution < 1.29 is 28.9 Å². The molecule has 0 spiro atoms. The molecule has 0 heterocycles. The summed E-state index contributed by atoms with van der Waals surface area (Å²) in [6, 6.07) is 6.41. The zero-order valence-electron chi connectivity index (χ0n) is 14.4. The Bertz CT molecular complexity index is 536. The smallest absolute Gasteiger partial charge is 0.308 e. The van der Waals surface area contributed by atoms with Gasteiger partial charge in [0, 0.05) is 23.8 Å². The molecular formula is C17H24BrNO6. The van der Waals surface area contributed by atoms with E-state index in [2.05, 4.69) is 21.2 Å². The van der Waals surface area contributed by atoms with Gasteiger partial charge in [-0.3, -0.25) is 9.59 Å². The van der Waals surface area contributed by atoms with Gasteiger partial charge in [0.2, 0.25) is 0 Å². The number of hydrogen-bond donors (Lipinski definition) is 2. The summed E-state index contributed by atoms with van der Waals surface area (Å²) in [5.74, 6) is -2.01. The largest absolute Gasteiger partial charge is 0.481 e. The van der Waals surface area contributed by atoms with E-state index in [1.807, 2.05) is 6.92 Å². The van der Waals surface area contributed by atoms with Crippen LogP contribution in [0.2, 0.25) is 0 Å². The van der Waals surface area contributed by atoms with Gasteiger partial charge in [-0.25, -0.2) is 0 Å². The van der Waals surface area contributed by atoms with Crippen molar-refractivity contribution in [2.45, 2.75) is 19.4 Å². The summed E-state index contributed by atoms with van der Waals surface area (Å²) in [6.45, 7) is 2.65. The Hall–Kier alpha value is -1.48. The summed E-state index contributed by atoms with van der Waals surface area (Å²) in [6.07, 6.45) is 0.192. The van der Waals surface area contributed by atoms with Crippen LogP contribution < -0.4 is 5.32 Å². The van der Waals surface area contributed by atoms with Crippen LogP contribution in [0.25, 0.3) is 0 Å². The summed E-state index contributed by atoms with van der Waals surface area (Å²) < 4.78 is 16.3. The van der Waals surface area contributed by atoms with Gasteiger partial charge in [-0.1, -0.05) is 15.9 Å². The molecule has 140 valence electrons. The summed E-state index contributed by atoms with van der Waals surface area (Å²) in [7, 11) is 1.44. The number of methoxy groups -OCH3 is 1. The van der Waals surface area contributed by atoms with Crippen molar-refractivity contribution >= 4 is 27.8 Å². The Morgan fingerprint density at radius 3 is 2.44 bits per heavy atom. The van der Waals surface area contributed by atoms with Crippen LogP contribution in [-0.2, 0) is 19.0 Å². The number of carbonyl (C=O) groups excluding carboxylic acids is 1. The molecule has 0 aliphatic carbocycles. The van der Waals surface area contributed by atoms with Crippen molar-refractivity contribution in [1.82, 2.24) is 5.32 Å². The van der Waals surface area contributed by atoms with Crippen molar-refractivity contribution in [1.29, 1.82) is 0 Å². The third-order valence-electron chi connectivity index (χ3n) is 3.42. The number of carboxylic acids is 1. The van der Waals surface area contributed by atoms with E-state index in [1.54, 1.807) is 24.3 Å². The number of nitrogens with one attached hydrogen (secondary N) is 1. The van der Waals surface area contributed by atoms with E-state index in [0.29, 0.717) is 12.2 Å². The molecule has 0 aliphatic rings. The maximum Gasteiger partial charge on any atom is 0.308 e. The van der Waals surface area contributed by atoms with Crippen molar-refractivity contribution in [3.05, 3.63) is 34.3 Å². The zero-order valence-corrected chi connectivity index (χ0v) is 16.0. The first-order chi connectivity index (χ1) is 12.0. The number of aliphatic carboxylic acids is 1. The summed E-state index contributed by atoms with van der Waals surface area (Å²) in [5, 5.41) is 12.1. The van der Waals surface area contributed by atoms with Crippen molar-refractivity contribution in [3.63, 3.8) is 0 Å². The molecule has 2 atom stereocenters. The lowest BCUT2D eigenvalue weighted by Gasteiger charge is -2.22. The number of rotatable bonds is 12. The number of carbonyl (C=O) groups is 2. The molecule has 0 aliphatic heterocycles. The van der Waals surface area contributed by atoms with Crippen LogP contribution in [0.15, 0.2) is 28.7 Å². The summed E-state index contributed by atoms with van der Waals surface area (Å²) >= 11 is 3.32. The second-order valence-electron chi connectivity index (χ2n) is 5.38. The van der Waals surface area contributed by atoms with E-state index in [1.165, 1.54) is 7.11 Å². The van der Waals surface area contributed by atoms with Gasteiger partial charge in [0.15, 0.2) is 0 Å². The van der Waals surface area contributed by atoms with E-state index in [4.69, 9.17) is 14.2 Å². The molecule has 1 amide bonds. The van der Waals surface area contributed by atoms with Crippen LogP contribution in [0.1, 0.15) is 23.7 Å². The van der Waals surface area contributed by atoms with E-state index >= 15 is 0 Å². The minimum absolute atomic E-state index is 0.0610. The normalized spacial score (nSPS) is 13.2. The van der Waals surface area contributed by atoms with Crippen LogP contribution >= 0.6 is 15.9 Å². The predicted molar refractivity (Wildman–Crippen MR) is 95.5 cm³/mol. The van der Waals surface area contributed by atoms with Gasteiger partial charge in [-0.15, -0.1) is 0 Å². The predicted octanol–water partition coefficient (Wildman–Crippen LogP) is 2.30. The average Bonchev–Trinajstić information content (AvgIpc) is 2.58. The minimum Gasteiger partial charge on any atom is -0.481 e. The molecular weight excluding hydrogens is 394 g/mol. The van der Waals surface area contributed by atoms with Crippen molar-refractivity contribution in [2.75, 3.05) is 33.7 Å². The number of benzene rings is 1. The Morgan fingerprint density at radius 2 is 1.88 bits per heavy atom. The number of halogens is 1. The molecule has 1 rings (SSSR count). The van der Waals surface area contributed by atoms with Crippen LogP contribution in [0.3, 0.4) is 0 Å². The zero-order chi connectivity index (χ0) is 18.7. The van der Waals surface area contributed by atoms with E-state index in [0.717, 1.165) is 4.47 Å². The molecule has 0 radical (unpaired) electrons. The number of amides is 1. The lowest BCUT2D eigenvalue weighted by atomic mass is 10.0. The van der Waals surface area contributed by atoms with Gasteiger partial charge >= 0.3 is 5.97 Å². The third-order valence-corrected chi connectivity index (χ3v) is 3.95. The maximum atomic E-state index is 12.4. The van der Waals surface area contributed by atoms with E-state index < -0.39 is 17.9 Å². The highest BCUT2D eigenvalue weighted by molar-refractivity contribution is 9.10. The Kier molecular flexibility index (Phi) is 10.3. The topological polar surface area (TPSA) is 94.1 Å². The molecule has 0 saturated heterocycles. The van der Waals surface area contributed by atoms with Crippen LogP contribution in [0, 0.1) is 5.92 Å². The fourth-order valence-corrected chi connectivity index (χ4v) is 2.42. The maximum absolute atomic E-state index is 12.4. The first kappa shape index (κ1) is 21.6. The second-order valence-corrected chi connectivity index (χ2v) is 6.30. The lowest BCUT2D eigenvalue weighted by Crippen LogP contribution is -2.41. The second kappa shape index (κ2) is 12.0. The van der Waals surface area contributed by atoms with Gasteiger partial charge in [-0.05, 0) is 37.6 Å². The fraction of sp³-hybridized carbons (Fsp3) is 0.529. The Morgan fingerprint density at radius 1 is 1.20 bits per heavy atom. The number of carboxylic acid groups (broad SMARTS) is 1. The van der Waals surface area contributed by atoms with Gasteiger partial charge in [0.1, 0.15) is 6.79 Å². The molecule has 1 aromatic rings. The van der Waals surface area contributed by atoms with Crippen molar-refractivity contribution in [3.8, 4) is 0 Å². The van der Waals surface area contributed by atoms with E-state index in [-0.39, 0.29) is 32.3 Å². The standard InChI is InChI=1S/C17H24BrNO6/c1-3-24-11-25-10-15(8-13(9-23-2)17(21)22)19-16(20)12-4-6-14(18)7-5-12/h4-7,13,15H,3,8-11H2,1-2H3,(H,19,20)(H,21,22)/t13-,15+/m0/s1. The lowest BCUT2D eigenvalue weighted by molar-refractivity contribution is -0.144. The summed E-state index contributed by atoms with van der Waals surface area (Å²) in [4.78, 5) is 23.7. The summed E-state index contributed by atoms with van der Waals surface area (Å²) in [5.41, 5.74) is 0.483. The molecule has 0 bridgehead atoms. The molecule has 0 fully saturated rings. The van der Waals surface area contributed by atoms with Crippen LogP contribution in [-0.4, -0.2) is 56.7 Å². The van der Waals surface area contributed by atoms with E-state index in [9.17, 15) is 14.7 Å².